The normalized spacial score (nSPS) is 17.5. The van der Waals surface area contributed by atoms with Gasteiger partial charge in [-0.15, -0.1) is 0 Å². The van der Waals surface area contributed by atoms with E-state index in [-0.39, 0.29) is 75.6 Å². The molecule has 2 aromatic rings. The lowest BCUT2D eigenvalue weighted by Crippen LogP contribution is -2.46. The van der Waals surface area contributed by atoms with Crippen molar-refractivity contribution in [3.05, 3.63) is 59.7 Å². The lowest BCUT2D eigenvalue weighted by atomic mass is 10.1. The Bertz CT molecular complexity index is 1940. The van der Waals surface area contributed by atoms with E-state index in [0.29, 0.717) is 62.6 Å². The van der Waals surface area contributed by atoms with Gasteiger partial charge in [-0.25, -0.2) is 4.79 Å². The first-order chi connectivity index (χ1) is 27.8. The largest absolute Gasteiger partial charge is 0.493 e. The summed E-state index contributed by atoms with van der Waals surface area (Å²) < 4.78 is 36.3. The van der Waals surface area contributed by atoms with Crippen LogP contribution in [0.3, 0.4) is 0 Å². The van der Waals surface area contributed by atoms with Gasteiger partial charge in [-0.05, 0) is 61.2 Å². The average Bonchev–Trinajstić information content (AvgIpc) is 3.72. The average molecular weight is 869 g/mol. The van der Waals surface area contributed by atoms with Crippen molar-refractivity contribution in [3.8, 4) is 23.0 Å². The maximum absolute atomic E-state index is 14.1. The summed E-state index contributed by atoms with van der Waals surface area (Å²) in [5, 5.41) is 12.1. The molecule has 2 heterocycles. The Balaban J connectivity index is 1.43. The Hall–Kier alpha value is -4.52. The number of anilines is 2. The molecule has 0 unspecified atom stereocenters. The minimum absolute atomic E-state index is 0.00468. The van der Waals surface area contributed by atoms with Gasteiger partial charge >= 0.3 is 6.09 Å². The molecule has 0 spiro atoms. The second-order valence-corrected chi connectivity index (χ2v) is 28.5. The quantitative estimate of drug-likeness (QED) is 0.0601. The number of likely N-dealkylation sites (tertiary alicyclic amines) is 2. The van der Waals surface area contributed by atoms with Gasteiger partial charge in [-0.1, -0.05) is 65.8 Å². The third kappa shape index (κ3) is 11.4. The lowest BCUT2D eigenvalue weighted by molar-refractivity contribution is 0.0680. The lowest BCUT2D eigenvalue weighted by Gasteiger charge is -2.38. The van der Waals surface area contributed by atoms with Crippen LogP contribution in [0.2, 0.25) is 36.3 Å². The number of hydrogen-bond acceptors (Lipinski definition) is 10. The standard InChI is InChI=1S/C44H68N4O10Si2/c1-28-18-30(26-57-59(11,12)43(3,4)5)47(24-28)40(49)32-20-36(53-9)38(22-34(32)45)55-16-15-17-56-39-23-35(46-42(51)52)33(21-37(39)54-10)41(50)48-25-29(2)19-31(48)27-58-60(13,14)44(6,7)8/h20-23,30-31,46H,1-2,15-19,24-27,45H2,3-14H3,(H,51,52)/t30-,31-/m0/s1. The minimum Gasteiger partial charge on any atom is -0.493 e. The number of amides is 3. The van der Waals surface area contributed by atoms with Crippen molar-refractivity contribution in [3.63, 3.8) is 0 Å². The molecule has 0 bridgehead atoms. The van der Waals surface area contributed by atoms with E-state index in [2.05, 4.69) is 86.2 Å². The zero-order valence-corrected chi connectivity index (χ0v) is 39.8. The Morgan fingerprint density at radius 2 is 1.15 bits per heavy atom. The molecule has 332 valence electrons. The summed E-state index contributed by atoms with van der Waals surface area (Å²) in [6, 6.07) is 5.72. The van der Waals surface area contributed by atoms with Crippen LogP contribution in [0.1, 0.15) is 81.5 Å². The highest BCUT2D eigenvalue weighted by atomic mass is 28.4. The Labute approximate surface area is 358 Å². The number of nitrogen functional groups attached to an aromatic ring is 1. The van der Waals surface area contributed by atoms with Gasteiger partial charge in [0.25, 0.3) is 11.8 Å². The van der Waals surface area contributed by atoms with Crippen LogP contribution in [0.4, 0.5) is 16.2 Å². The van der Waals surface area contributed by atoms with E-state index in [1.54, 1.807) is 21.9 Å². The molecule has 2 saturated heterocycles. The zero-order valence-electron chi connectivity index (χ0n) is 37.8. The van der Waals surface area contributed by atoms with Crippen molar-refractivity contribution in [2.75, 3.05) is 64.8 Å². The number of rotatable bonds is 17. The fourth-order valence-electron chi connectivity index (χ4n) is 6.56. The third-order valence-corrected chi connectivity index (χ3v) is 21.3. The zero-order chi connectivity index (χ0) is 45.0. The molecule has 0 aliphatic carbocycles. The second-order valence-electron chi connectivity index (χ2n) is 18.8. The van der Waals surface area contributed by atoms with Gasteiger partial charge in [-0.2, -0.15) is 0 Å². The summed E-state index contributed by atoms with van der Waals surface area (Å²) in [6.45, 7) is 31.9. The van der Waals surface area contributed by atoms with Gasteiger partial charge in [0.05, 0.1) is 69.5 Å². The molecule has 2 aromatic carbocycles. The van der Waals surface area contributed by atoms with Gasteiger partial charge in [0.2, 0.25) is 0 Å². The molecule has 60 heavy (non-hydrogen) atoms. The molecule has 16 heteroatoms. The smallest absolute Gasteiger partial charge is 0.409 e. The van der Waals surface area contributed by atoms with Crippen LogP contribution in [0.25, 0.3) is 0 Å². The molecule has 2 aliphatic heterocycles. The molecule has 14 nitrogen and oxygen atoms in total. The van der Waals surface area contributed by atoms with Crippen LogP contribution in [0.5, 0.6) is 23.0 Å². The Kier molecular flexibility index (Phi) is 15.3. The first kappa shape index (κ1) is 48.2. The van der Waals surface area contributed by atoms with Crippen LogP contribution in [0, 0.1) is 0 Å². The van der Waals surface area contributed by atoms with Crippen molar-refractivity contribution in [1.82, 2.24) is 9.80 Å². The van der Waals surface area contributed by atoms with E-state index < -0.39 is 22.7 Å². The predicted octanol–water partition coefficient (Wildman–Crippen LogP) is 8.81. The van der Waals surface area contributed by atoms with E-state index in [9.17, 15) is 19.5 Å². The fourth-order valence-corrected chi connectivity index (χ4v) is 8.65. The maximum Gasteiger partial charge on any atom is 0.409 e. The number of methoxy groups -OCH3 is 2. The molecular weight excluding hydrogens is 801 g/mol. The Morgan fingerprint density at radius 1 is 0.733 bits per heavy atom. The molecule has 2 aliphatic rings. The maximum atomic E-state index is 14.1. The number of hydrogen-bond donors (Lipinski definition) is 3. The number of nitrogens with zero attached hydrogens (tertiary/aromatic N) is 2. The first-order valence-corrected chi connectivity index (χ1v) is 26.3. The molecule has 2 fully saturated rings. The summed E-state index contributed by atoms with van der Waals surface area (Å²) in [5.74, 6) is 0.606. The van der Waals surface area contributed by atoms with E-state index in [4.69, 9.17) is 33.5 Å². The molecule has 4 N–H and O–H groups in total. The summed E-state index contributed by atoms with van der Waals surface area (Å²) in [7, 11) is -1.19. The first-order valence-electron chi connectivity index (χ1n) is 20.5. The molecule has 4 rings (SSSR count). The number of nitrogens with one attached hydrogen (secondary N) is 1. The number of carbonyl (C=O) groups is 3. The van der Waals surface area contributed by atoms with Crippen molar-refractivity contribution < 1.29 is 47.3 Å². The van der Waals surface area contributed by atoms with Crippen molar-refractivity contribution in [1.29, 1.82) is 0 Å². The molecule has 3 amide bonds. The highest BCUT2D eigenvalue weighted by Gasteiger charge is 2.42. The highest BCUT2D eigenvalue weighted by molar-refractivity contribution is 6.74. The van der Waals surface area contributed by atoms with Crippen LogP contribution in [-0.2, 0) is 8.85 Å². The molecule has 2 atom stereocenters. The fraction of sp³-hybridized carbons (Fsp3) is 0.568. The van der Waals surface area contributed by atoms with Gasteiger partial charge < -0.3 is 48.4 Å². The topological polar surface area (TPSA) is 171 Å². The monoisotopic (exact) mass is 868 g/mol. The number of carbonyl (C=O) groups excluding carboxylic acids is 2. The van der Waals surface area contributed by atoms with Gasteiger partial charge in [-0.3, -0.25) is 14.9 Å². The number of ether oxygens (including phenoxy) is 4. The second kappa shape index (κ2) is 19.0. The van der Waals surface area contributed by atoms with E-state index in [0.717, 1.165) is 11.1 Å². The van der Waals surface area contributed by atoms with Crippen LogP contribution in [0.15, 0.2) is 48.6 Å². The van der Waals surface area contributed by atoms with Gasteiger partial charge in [0.1, 0.15) is 0 Å². The highest BCUT2D eigenvalue weighted by Crippen LogP contribution is 2.41. The van der Waals surface area contributed by atoms with Crippen LogP contribution >= 0.6 is 0 Å². The SMILES string of the molecule is C=C1C[C@@H](CO[Si](C)(C)C(C)(C)C)N(C(=O)c2cc(OC)c(OCCCOc3cc(NC(=O)O)c(C(=O)N4CC(=C)C[C@H]4CO[Si](C)(C)C(C)(C)C)cc3OC)cc2N)C1. The number of nitrogens with two attached hydrogens (primary N) is 1. The van der Waals surface area contributed by atoms with Crippen LogP contribution < -0.4 is 30.0 Å². The summed E-state index contributed by atoms with van der Waals surface area (Å²) >= 11 is 0. The van der Waals surface area contributed by atoms with Gasteiger partial charge in [0.15, 0.2) is 39.6 Å². The molecular formula is C44H68N4O10Si2. The van der Waals surface area contributed by atoms with E-state index >= 15 is 0 Å². The van der Waals surface area contributed by atoms with Gasteiger partial charge in [0, 0.05) is 37.3 Å². The van der Waals surface area contributed by atoms with E-state index in [1.165, 1.54) is 26.4 Å². The molecule has 0 aromatic heterocycles. The number of carboxylic acid groups (broad SMARTS) is 1. The molecule has 0 radical (unpaired) electrons. The van der Waals surface area contributed by atoms with Crippen LogP contribution in [-0.4, -0.2) is 115 Å². The van der Waals surface area contributed by atoms with E-state index in [1.807, 2.05) is 0 Å². The Morgan fingerprint density at radius 3 is 1.57 bits per heavy atom. The van der Waals surface area contributed by atoms with Crippen molar-refractivity contribution in [2.45, 2.75) is 109 Å². The number of benzene rings is 2. The minimum atomic E-state index is -2.10. The summed E-state index contributed by atoms with van der Waals surface area (Å²) in [6.07, 6.45) is 0.314. The predicted molar refractivity (Wildman–Crippen MR) is 241 cm³/mol. The van der Waals surface area contributed by atoms with Crippen molar-refractivity contribution >= 4 is 45.9 Å². The molecule has 0 saturated carbocycles. The summed E-state index contributed by atoms with van der Waals surface area (Å²) in [4.78, 5) is 43.4. The summed E-state index contributed by atoms with van der Waals surface area (Å²) in [5.41, 5.74) is 9.05. The third-order valence-electron chi connectivity index (χ3n) is 12.3. The van der Waals surface area contributed by atoms with Crippen molar-refractivity contribution in [2.24, 2.45) is 0 Å².